The zero-order valence-corrected chi connectivity index (χ0v) is 12.9. The van der Waals surface area contributed by atoms with Crippen LogP contribution in [0.4, 0.5) is 0 Å². The Morgan fingerprint density at radius 3 is 3.05 bits per heavy atom. The van der Waals surface area contributed by atoms with Crippen molar-refractivity contribution in [2.75, 3.05) is 33.3 Å². The monoisotopic (exact) mass is 276 g/mol. The van der Waals surface area contributed by atoms with Crippen LogP contribution in [-0.2, 0) is 0 Å². The molecule has 0 bridgehead atoms. The van der Waals surface area contributed by atoms with Crippen molar-refractivity contribution < 1.29 is 4.74 Å². The molecule has 0 aliphatic carbocycles. The maximum Gasteiger partial charge on any atom is 0.119 e. The number of rotatable bonds is 7. The number of hydrogen-bond donors (Lipinski definition) is 1. The van der Waals surface area contributed by atoms with E-state index in [1.807, 2.05) is 13.1 Å². The summed E-state index contributed by atoms with van der Waals surface area (Å²) in [5, 5.41) is 3.27. The summed E-state index contributed by atoms with van der Waals surface area (Å²) in [7, 11) is 2.04. The molecule has 20 heavy (non-hydrogen) atoms. The minimum absolute atomic E-state index is 0.734. The van der Waals surface area contributed by atoms with Gasteiger partial charge in [0.15, 0.2) is 0 Å². The van der Waals surface area contributed by atoms with Gasteiger partial charge >= 0.3 is 0 Å². The number of benzene rings is 1. The Hall–Kier alpha value is -1.06. The fraction of sp³-hybridized carbons (Fsp3) is 0.647. The number of hydrogen-bond acceptors (Lipinski definition) is 3. The van der Waals surface area contributed by atoms with E-state index in [9.17, 15) is 0 Å². The summed E-state index contributed by atoms with van der Waals surface area (Å²) < 4.78 is 5.89. The molecule has 0 amide bonds. The molecule has 3 nitrogen and oxygen atoms in total. The molecule has 1 aliphatic rings. The van der Waals surface area contributed by atoms with Crippen molar-refractivity contribution in [3.63, 3.8) is 0 Å². The molecule has 1 unspecified atom stereocenters. The van der Waals surface area contributed by atoms with Crippen molar-refractivity contribution in [2.24, 2.45) is 0 Å². The summed E-state index contributed by atoms with van der Waals surface area (Å²) >= 11 is 0. The van der Waals surface area contributed by atoms with Gasteiger partial charge in [-0.2, -0.15) is 0 Å². The van der Waals surface area contributed by atoms with E-state index in [0.29, 0.717) is 0 Å². The predicted octanol–water partition coefficient (Wildman–Crippen LogP) is 2.84. The lowest BCUT2D eigenvalue weighted by atomic mass is 9.99. The zero-order chi connectivity index (χ0) is 14.2. The van der Waals surface area contributed by atoms with Gasteiger partial charge in [-0.3, -0.25) is 4.90 Å². The third-order valence-electron chi connectivity index (χ3n) is 4.11. The molecule has 1 atom stereocenters. The fourth-order valence-electron chi connectivity index (χ4n) is 2.98. The van der Waals surface area contributed by atoms with E-state index < -0.39 is 0 Å². The van der Waals surface area contributed by atoms with Gasteiger partial charge in [-0.15, -0.1) is 0 Å². The van der Waals surface area contributed by atoms with E-state index in [1.165, 1.54) is 37.8 Å². The molecule has 1 heterocycles. The maximum absolute atomic E-state index is 5.89. The van der Waals surface area contributed by atoms with Crippen LogP contribution in [0.2, 0.25) is 0 Å². The zero-order valence-electron chi connectivity index (χ0n) is 12.9. The van der Waals surface area contributed by atoms with Gasteiger partial charge in [0, 0.05) is 12.6 Å². The second kappa shape index (κ2) is 8.28. The summed E-state index contributed by atoms with van der Waals surface area (Å²) in [6.45, 7) is 6.28. The van der Waals surface area contributed by atoms with Crippen LogP contribution in [0.5, 0.6) is 5.75 Å². The maximum atomic E-state index is 5.89. The molecular weight excluding hydrogens is 248 g/mol. The van der Waals surface area contributed by atoms with E-state index in [1.54, 1.807) is 0 Å². The first-order chi connectivity index (χ1) is 9.79. The minimum atomic E-state index is 0.734. The normalized spacial score (nSPS) is 20.0. The van der Waals surface area contributed by atoms with Crippen LogP contribution < -0.4 is 10.1 Å². The Morgan fingerprint density at radius 1 is 1.35 bits per heavy atom. The lowest BCUT2D eigenvalue weighted by Gasteiger charge is -2.35. The molecule has 0 aromatic heterocycles. The van der Waals surface area contributed by atoms with Crippen molar-refractivity contribution >= 4 is 0 Å². The van der Waals surface area contributed by atoms with Gasteiger partial charge in [0.25, 0.3) is 0 Å². The molecule has 1 aromatic carbocycles. The molecular formula is C17H28N2O. The molecule has 0 radical (unpaired) electrons. The molecule has 112 valence electrons. The highest BCUT2D eigenvalue weighted by Crippen LogP contribution is 2.19. The fourth-order valence-corrected chi connectivity index (χ4v) is 2.98. The molecule has 1 aromatic rings. The Balaban J connectivity index is 1.76. The minimum Gasteiger partial charge on any atom is -0.492 e. The van der Waals surface area contributed by atoms with Crippen LogP contribution in [0.3, 0.4) is 0 Å². The highest BCUT2D eigenvalue weighted by Gasteiger charge is 2.21. The van der Waals surface area contributed by atoms with Crippen LogP contribution in [0.25, 0.3) is 0 Å². The van der Waals surface area contributed by atoms with Gasteiger partial charge in [-0.25, -0.2) is 0 Å². The number of likely N-dealkylation sites (tertiary alicyclic amines) is 1. The first-order valence-electron chi connectivity index (χ1n) is 7.87. The largest absolute Gasteiger partial charge is 0.492 e. The summed E-state index contributed by atoms with van der Waals surface area (Å²) in [6.07, 6.45) is 5.30. The predicted molar refractivity (Wildman–Crippen MR) is 84.4 cm³/mol. The van der Waals surface area contributed by atoms with E-state index in [4.69, 9.17) is 4.74 Å². The van der Waals surface area contributed by atoms with Crippen LogP contribution in [0, 0.1) is 6.92 Å². The van der Waals surface area contributed by atoms with Gasteiger partial charge in [0.05, 0.1) is 0 Å². The molecule has 1 aliphatic heterocycles. The first kappa shape index (κ1) is 15.3. The van der Waals surface area contributed by atoms with E-state index in [0.717, 1.165) is 31.5 Å². The SMILES string of the molecule is CNCCC1CCCCN1CCOc1cccc(C)c1. The summed E-state index contributed by atoms with van der Waals surface area (Å²) in [6, 6.07) is 9.04. The number of aryl methyl sites for hydroxylation is 1. The number of ether oxygens (including phenoxy) is 1. The first-order valence-corrected chi connectivity index (χ1v) is 7.87. The second-order valence-corrected chi connectivity index (χ2v) is 5.74. The Morgan fingerprint density at radius 2 is 2.25 bits per heavy atom. The summed E-state index contributed by atoms with van der Waals surface area (Å²) in [5.41, 5.74) is 1.26. The number of nitrogens with zero attached hydrogens (tertiary/aromatic N) is 1. The highest BCUT2D eigenvalue weighted by atomic mass is 16.5. The van der Waals surface area contributed by atoms with E-state index in [-0.39, 0.29) is 0 Å². The van der Waals surface area contributed by atoms with Gasteiger partial charge in [0.2, 0.25) is 0 Å². The molecule has 0 saturated carbocycles. The van der Waals surface area contributed by atoms with E-state index in [2.05, 4.69) is 35.3 Å². The van der Waals surface area contributed by atoms with Crippen molar-refractivity contribution in [3.05, 3.63) is 29.8 Å². The number of piperidine rings is 1. The lowest BCUT2D eigenvalue weighted by Crippen LogP contribution is -2.42. The smallest absolute Gasteiger partial charge is 0.119 e. The lowest BCUT2D eigenvalue weighted by molar-refractivity contribution is 0.117. The number of nitrogens with one attached hydrogen (secondary N) is 1. The van der Waals surface area contributed by atoms with Crippen LogP contribution in [0.1, 0.15) is 31.2 Å². The van der Waals surface area contributed by atoms with Crippen molar-refractivity contribution in [1.82, 2.24) is 10.2 Å². The topological polar surface area (TPSA) is 24.5 Å². The average Bonchev–Trinajstić information content (AvgIpc) is 2.46. The van der Waals surface area contributed by atoms with Crippen molar-refractivity contribution in [2.45, 2.75) is 38.6 Å². The Kier molecular flexibility index (Phi) is 6.34. The molecule has 1 saturated heterocycles. The van der Waals surface area contributed by atoms with Crippen molar-refractivity contribution in [3.8, 4) is 5.75 Å². The van der Waals surface area contributed by atoms with Gasteiger partial charge in [0.1, 0.15) is 12.4 Å². The molecule has 3 heteroatoms. The molecule has 0 spiro atoms. The molecule has 2 rings (SSSR count). The summed E-state index contributed by atoms with van der Waals surface area (Å²) in [5.74, 6) is 0.994. The summed E-state index contributed by atoms with van der Waals surface area (Å²) in [4.78, 5) is 2.61. The van der Waals surface area contributed by atoms with Crippen LogP contribution >= 0.6 is 0 Å². The Bertz CT molecular complexity index is 394. The van der Waals surface area contributed by atoms with E-state index >= 15 is 0 Å². The molecule has 1 fully saturated rings. The van der Waals surface area contributed by atoms with Crippen LogP contribution in [0.15, 0.2) is 24.3 Å². The third-order valence-corrected chi connectivity index (χ3v) is 4.11. The standard InChI is InChI=1S/C17H28N2O/c1-15-6-5-8-17(14-15)20-13-12-19-11-4-3-7-16(19)9-10-18-2/h5-6,8,14,16,18H,3-4,7,9-13H2,1-2H3. The van der Waals surface area contributed by atoms with Crippen LogP contribution in [-0.4, -0.2) is 44.2 Å². The second-order valence-electron chi connectivity index (χ2n) is 5.74. The van der Waals surface area contributed by atoms with Gasteiger partial charge in [-0.05, 0) is 64.0 Å². The molecule has 1 N–H and O–H groups in total. The van der Waals surface area contributed by atoms with Gasteiger partial charge < -0.3 is 10.1 Å². The van der Waals surface area contributed by atoms with Crippen molar-refractivity contribution in [1.29, 1.82) is 0 Å². The quantitative estimate of drug-likeness (QED) is 0.829. The highest BCUT2D eigenvalue weighted by molar-refractivity contribution is 5.27. The third kappa shape index (κ3) is 4.80. The Labute approximate surface area is 123 Å². The average molecular weight is 276 g/mol. The van der Waals surface area contributed by atoms with Gasteiger partial charge in [-0.1, -0.05) is 18.6 Å².